The molecule has 0 aliphatic heterocycles. The van der Waals surface area contributed by atoms with E-state index in [-0.39, 0.29) is 0 Å². The van der Waals surface area contributed by atoms with E-state index in [1.54, 1.807) is 17.1 Å². The largest absolute Gasteiger partial charge is 0.489 e. The van der Waals surface area contributed by atoms with Crippen LogP contribution >= 0.6 is 0 Å². The van der Waals surface area contributed by atoms with E-state index < -0.39 is 0 Å². The number of rotatable bonds is 6. The predicted octanol–water partition coefficient (Wildman–Crippen LogP) is 1.18. The second-order valence-corrected chi connectivity index (χ2v) is 3.45. The van der Waals surface area contributed by atoms with Gasteiger partial charge in [-0.1, -0.05) is 0 Å². The van der Waals surface area contributed by atoms with Crippen molar-refractivity contribution in [1.82, 2.24) is 15.1 Å². The van der Waals surface area contributed by atoms with E-state index in [1.165, 1.54) is 0 Å². The van der Waals surface area contributed by atoms with Crippen LogP contribution in [0.4, 0.5) is 0 Å². The fourth-order valence-electron chi connectivity index (χ4n) is 1.34. The standard InChI is InChI=1S/C11H15N3O2/c1-14-9-11(8-13-14)16-6-4-12-7-10-3-2-5-15-10/h2-3,5,8-9,12H,4,6-7H2,1H3. The smallest absolute Gasteiger partial charge is 0.157 e. The second kappa shape index (κ2) is 5.37. The molecule has 0 amide bonds. The lowest BCUT2D eigenvalue weighted by Crippen LogP contribution is -2.20. The molecule has 2 aromatic heterocycles. The Balaban J connectivity index is 1.59. The third-order valence-corrected chi connectivity index (χ3v) is 2.11. The SMILES string of the molecule is Cn1cc(OCCNCc2ccco2)cn1. The molecule has 0 aliphatic carbocycles. The Morgan fingerprint density at radius 2 is 2.50 bits per heavy atom. The quantitative estimate of drug-likeness (QED) is 0.744. The highest BCUT2D eigenvalue weighted by molar-refractivity contribution is 5.11. The molecule has 5 heteroatoms. The second-order valence-electron chi connectivity index (χ2n) is 3.45. The van der Waals surface area contributed by atoms with E-state index in [4.69, 9.17) is 9.15 Å². The van der Waals surface area contributed by atoms with Crippen molar-refractivity contribution < 1.29 is 9.15 Å². The zero-order valence-corrected chi connectivity index (χ0v) is 9.22. The van der Waals surface area contributed by atoms with Gasteiger partial charge in [0.15, 0.2) is 5.75 Å². The minimum absolute atomic E-state index is 0.617. The number of nitrogens with one attached hydrogen (secondary N) is 1. The predicted molar refractivity (Wildman–Crippen MR) is 59.1 cm³/mol. The van der Waals surface area contributed by atoms with Crippen LogP contribution in [-0.4, -0.2) is 22.9 Å². The molecule has 0 atom stereocenters. The van der Waals surface area contributed by atoms with Crippen molar-refractivity contribution in [3.05, 3.63) is 36.5 Å². The molecule has 2 aromatic rings. The van der Waals surface area contributed by atoms with Crippen LogP contribution in [0.3, 0.4) is 0 Å². The molecule has 0 saturated carbocycles. The first-order valence-electron chi connectivity index (χ1n) is 5.19. The fourth-order valence-corrected chi connectivity index (χ4v) is 1.34. The van der Waals surface area contributed by atoms with Crippen molar-refractivity contribution in [2.24, 2.45) is 7.05 Å². The highest BCUT2D eigenvalue weighted by Crippen LogP contribution is 2.05. The average Bonchev–Trinajstić information content (AvgIpc) is 2.89. The normalized spacial score (nSPS) is 10.6. The van der Waals surface area contributed by atoms with Crippen LogP contribution in [0.5, 0.6) is 5.75 Å². The van der Waals surface area contributed by atoms with Crippen molar-refractivity contribution in [1.29, 1.82) is 0 Å². The number of nitrogens with zero attached hydrogens (tertiary/aromatic N) is 2. The number of hydrogen-bond donors (Lipinski definition) is 1. The Kier molecular flexibility index (Phi) is 3.61. The lowest BCUT2D eigenvalue weighted by atomic mass is 10.4. The Morgan fingerprint density at radius 3 is 3.19 bits per heavy atom. The molecule has 86 valence electrons. The summed E-state index contributed by atoms with van der Waals surface area (Å²) in [5.41, 5.74) is 0. The van der Waals surface area contributed by atoms with Crippen LogP contribution < -0.4 is 10.1 Å². The summed E-state index contributed by atoms with van der Waals surface area (Å²) in [5.74, 6) is 1.73. The fraction of sp³-hybridized carbons (Fsp3) is 0.364. The van der Waals surface area contributed by atoms with Crippen LogP contribution in [-0.2, 0) is 13.6 Å². The van der Waals surface area contributed by atoms with Crippen molar-refractivity contribution >= 4 is 0 Å². The van der Waals surface area contributed by atoms with E-state index in [0.717, 1.165) is 24.6 Å². The van der Waals surface area contributed by atoms with E-state index in [0.29, 0.717) is 6.61 Å². The topological polar surface area (TPSA) is 52.2 Å². The molecule has 0 fully saturated rings. The number of ether oxygens (including phenoxy) is 1. The summed E-state index contributed by atoms with van der Waals surface area (Å²) in [4.78, 5) is 0. The van der Waals surface area contributed by atoms with Crippen LogP contribution in [0.2, 0.25) is 0 Å². The van der Waals surface area contributed by atoms with Gasteiger partial charge in [0, 0.05) is 13.6 Å². The van der Waals surface area contributed by atoms with Crippen molar-refractivity contribution in [3.8, 4) is 5.75 Å². The van der Waals surface area contributed by atoms with E-state index in [2.05, 4.69) is 10.4 Å². The molecule has 1 N–H and O–H groups in total. The van der Waals surface area contributed by atoms with Gasteiger partial charge in [-0.3, -0.25) is 4.68 Å². The van der Waals surface area contributed by atoms with Gasteiger partial charge >= 0.3 is 0 Å². The summed E-state index contributed by atoms with van der Waals surface area (Å²) >= 11 is 0. The van der Waals surface area contributed by atoms with E-state index in [1.807, 2.05) is 25.4 Å². The molecule has 0 aromatic carbocycles. The first-order chi connectivity index (χ1) is 7.84. The molecule has 0 aliphatic rings. The zero-order chi connectivity index (χ0) is 11.2. The van der Waals surface area contributed by atoms with Crippen LogP contribution in [0.15, 0.2) is 35.2 Å². The van der Waals surface area contributed by atoms with Gasteiger partial charge in [0.05, 0.1) is 25.2 Å². The molecule has 0 saturated heterocycles. The zero-order valence-electron chi connectivity index (χ0n) is 9.22. The molecular formula is C11H15N3O2. The third-order valence-electron chi connectivity index (χ3n) is 2.11. The molecule has 2 rings (SSSR count). The van der Waals surface area contributed by atoms with Gasteiger partial charge in [-0.25, -0.2) is 0 Å². The Morgan fingerprint density at radius 1 is 1.56 bits per heavy atom. The third kappa shape index (κ3) is 3.13. The summed E-state index contributed by atoms with van der Waals surface area (Å²) in [5, 5.41) is 7.23. The van der Waals surface area contributed by atoms with Crippen molar-refractivity contribution in [2.75, 3.05) is 13.2 Å². The summed E-state index contributed by atoms with van der Waals surface area (Å²) < 4.78 is 12.4. The average molecular weight is 221 g/mol. The monoisotopic (exact) mass is 221 g/mol. The molecular weight excluding hydrogens is 206 g/mol. The van der Waals surface area contributed by atoms with Crippen LogP contribution in [0.25, 0.3) is 0 Å². The Bertz CT molecular complexity index is 409. The maximum atomic E-state index is 5.47. The van der Waals surface area contributed by atoms with Crippen molar-refractivity contribution in [2.45, 2.75) is 6.54 Å². The molecule has 5 nitrogen and oxygen atoms in total. The van der Waals surface area contributed by atoms with E-state index >= 15 is 0 Å². The minimum atomic E-state index is 0.617. The molecule has 16 heavy (non-hydrogen) atoms. The number of hydrogen-bond acceptors (Lipinski definition) is 4. The first kappa shape index (κ1) is 10.8. The molecule has 2 heterocycles. The maximum Gasteiger partial charge on any atom is 0.157 e. The summed E-state index contributed by atoms with van der Waals surface area (Å²) in [6, 6.07) is 3.82. The molecule has 0 bridgehead atoms. The van der Waals surface area contributed by atoms with Crippen LogP contribution in [0.1, 0.15) is 5.76 Å². The maximum absolute atomic E-state index is 5.47. The van der Waals surface area contributed by atoms with Crippen molar-refractivity contribution in [3.63, 3.8) is 0 Å². The minimum Gasteiger partial charge on any atom is -0.489 e. The van der Waals surface area contributed by atoms with Gasteiger partial charge < -0.3 is 14.5 Å². The summed E-state index contributed by atoms with van der Waals surface area (Å²) in [6.07, 6.45) is 5.21. The highest BCUT2D eigenvalue weighted by Gasteiger charge is 1.97. The lowest BCUT2D eigenvalue weighted by Gasteiger charge is -2.03. The van der Waals surface area contributed by atoms with Gasteiger partial charge in [0.25, 0.3) is 0 Å². The molecule has 0 spiro atoms. The Labute approximate surface area is 94.0 Å². The van der Waals surface area contributed by atoms with Crippen LogP contribution in [0, 0.1) is 0 Å². The van der Waals surface area contributed by atoms with Gasteiger partial charge in [-0.05, 0) is 12.1 Å². The van der Waals surface area contributed by atoms with Gasteiger partial charge in [-0.15, -0.1) is 0 Å². The Hall–Kier alpha value is -1.75. The van der Waals surface area contributed by atoms with Gasteiger partial charge in [0.1, 0.15) is 12.4 Å². The number of aromatic nitrogens is 2. The molecule has 0 unspecified atom stereocenters. The highest BCUT2D eigenvalue weighted by atomic mass is 16.5. The van der Waals surface area contributed by atoms with E-state index in [9.17, 15) is 0 Å². The first-order valence-corrected chi connectivity index (χ1v) is 5.19. The molecule has 0 radical (unpaired) electrons. The summed E-state index contributed by atoms with van der Waals surface area (Å²) in [6.45, 7) is 2.12. The summed E-state index contributed by atoms with van der Waals surface area (Å²) in [7, 11) is 1.86. The number of furan rings is 1. The lowest BCUT2D eigenvalue weighted by molar-refractivity contribution is 0.310. The number of aryl methyl sites for hydroxylation is 1. The van der Waals surface area contributed by atoms with Gasteiger partial charge in [0.2, 0.25) is 0 Å². The van der Waals surface area contributed by atoms with Gasteiger partial charge in [-0.2, -0.15) is 5.10 Å².